The van der Waals surface area contributed by atoms with Crippen molar-refractivity contribution in [3.63, 3.8) is 0 Å². The quantitative estimate of drug-likeness (QED) is 0.595. The highest BCUT2D eigenvalue weighted by molar-refractivity contribution is 7.15. The average molecular weight is 453 g/mol. The molecule has 0 saturated heterocycles. The lowest BCUT2D eigenvalue weighted by Gasteiger charge is -2.27. The van der Waals surface area contributed by atoms with Crippen LogP contribution in [0.2, 0.25) is 0 Å². The second kappa shape index (κ2) is 8.88. The maximum atomic E-state index is 12.8. The van der Waals surface area contributed by atoms with Gasteiger partial charge in [0.1, 0.15) is 18.2 Å². The molecular weight excluding hydrogens is 424 g/mol. The number of anilines is 1. The molecule has 2 aliphatic heterocycles. The highest BCUT2D eigenvalue weighted by Crippen LogP contribution is 2.39. The molecule has 0 bridgehead atoms. The van der Waals surface area contributed by atoms with Crippen molar-refractivity contribution in [3.8, 4) is 16.5 Å². The van der Waals surface area contributed by atoms with Crippen molar-refractivity contribution in [2.45, 2.75) is 32.9 Å². The van der Waals surface area contributed by atoms with Crippen LogP contribution >= 0.6 is 11.3 Å². The van der Waals surface area contributed by atoms with Crippen LogP contribution in [-0.2, 0) is 13.0 Å². The molecule has 8 heteroatoms. The summed E-state index contributed by atoms with van der Waals surface area (Å²) in [7, 11) is 0. The minimum atomic E-state index is -0.237. The fourth-order valence-corrected chi connectivity index (χ4v) is 5.85. The summed E-state index contributed by atoms with van der Waals surface area (Å²) < 4.78 is 13.3. The number of likely N-dealkylation sites (N-methyl/N-ethyl adjacent to an activating group) is 1. The summed E-state index contributed by atoms with van der Waals surface area (Å²) in [6, 6.07) is 9.16. The maximum absolute atomic E-state index is 12.8. The van der Waals surface area contributed by atoms with E-state index in [2.05, 4.69) is 46.3 Å². The predicted octanol–water partition coefficient (Wildman–Crippen LogP) is 4.57. The maximum Gasteiger partial charge on any atom is 0.319 e. The van der Waals surface area contributed by atoms with E-state index < -0.39 is 0 Å². The van der Waals surface area contributed by atoms with E-state index in [0.717, 1.165) is 26.1 Å². The van der Waals surface area contributed by atoms with Gasteiger partial charge >= 0.3 is 6.03 Å². The zero-order valence-corrected chi connectivity index (χ0v) is 19.2. The van der Waals surface area contributed by atoms with Crippen LogP contribution in [0.3, 0.4) is 0 Å². The molecule has 2 aliphatic rings. The minimum absolute atomic E-state index is 0.127. The van der Waals surface area contributed by atoms with Crippen molar-refractivity contribution >= 4 is 23.1 Å². The number of carbonyl (C=O) groups is 1. The summed E-state index contributed by atoms with van der Waals surface area (Å²) in [5.41, 5.74) is 3.28. The lowest BCUT2D eigenvalue weighted by molar-refractivity contribution is 0.171. The molecule has 1 atom stereocenters. The van der Waals surface area contributed by atoms with Crippen molar-refractivity contribution in [2.24, 2.45) is 0 Å². The second-order valence-corrected chi connectivity index (χ2v) is 9.19. The van der Waals surface area contributed by atoms with E-state index in [0.29, 0.717) is 30.4 Å². The second-order valence-electron chi connectivity index (χ2n) is 8.11. The summed E-state index contributed by atoms with van der Waals surface area (Å²) in [5, 5.41) is 7.27. The van der Waals surface area contributed by atoms with E-state index in [-0.39, 0.29) is 12.1 Å². The van der Waals surface area contributed by atoms with Crippen LogP contribution in [0.15, 0.2) is 42.7 Å². The number of rotatable bonds is 5. The van der Waals surface area contributed by atoms with Crippen LogP contribution in [0.5, 0.6) is 11.5 Å². The zero-order chi connectivity index (χ0) is 22.1. The lowest BCUT2D eigenvalue weighted by Crippen LogP contribution is -2.33. The van der Waals surface area contributed by atoms with Crippen molar-refractivity contribution in [1.29, 1.82) is 0 Å². The van der Waals surface area contributed by atoms with Crippen LogP contribution < -0.4 is 20.1 Å². The first kappa shape index (κ1) is 20.9. The van der Waals surface area contributed by atoms with Gasteiger partial charge in [0.15, 0.2) is 11.5 Å². The number of urea groups is 1. The summed E-state index contributed by atoms with van der Waals surface area (Å²) >= 11 is 1.83. The van der Waals surface area contributed by atoms with Gasteiger partial charge in [-0.05, 0) is 49.7 Å². The smallest absolute Gasteiger partial charge is 0.319 e. The van der Waals surface area contributed by atoms with Crippen molar-refractivity contribution in [3.05, 3.63) is 58.7 Å². The van der Waals surface area contributed by atoms with Gasteiger partial charge in [-0.3, -0.25) is 4.90 Å². The predicted molar refractivity (Wildman–Crippen MR) is 126 cm³/mol. The molecule has 1 aromatic carbocycles. The Morgan fingerprint density at radius 3 is 2.75 bits per heavy atom. The molecule has 7 nitrogen and oxygen atoms in total. The molecule has 2 N–H and O–H groups in total. The van der Waals surface area contributed by atoms with Crippen molar-refractivity contribution < 1.29 is 14.3 Å². The minimum Gasteiger partial charge on any atom is -0.486 e. The zero-order valence-electron chi connectivity index (χ0n) is 18.4. The molecule has 0 saturated carbocycles. The number of hydrogen-bond donors (Lipinski definition) is 2. The molecule has 0 unspecified atom stereocenters. The van der Waals surface area contributed by atoms with Gasteiger partial charge in [0.25, 0.3) is 0 Å². The lowest BCUT2D eigenvalue weighted by atomic mass is 9.98. The summed E-state index contributed by atoms with van der Waals surface area (Å²) in [6.45, 7) is 8.40. The number of thiophene rings is 1. The van der Waals surface area contributed by atoms with E-state index in [1.54, 1.807) is 6.07 Å². The third-order valence-corrected chi connectivity index (χ3v) is 7.27. The molecule has 2 aromatic heterocycles. The number of nitrogens with one attached hydrogen (secondary N) is 2. The molecule has 5 rings (SSSR count). The first-order chi connectivity index (χ1) is 15.6. The number of fused-ring (bicyclic) bond motifs is 2. The molecular formula is C24H28N4O3S. The van der Waals surface area contributed by atoms with E-state index in [4.69, 9.17) is 9.47 Å². The molecule has 0 spiro atoms. The van der Waals surface area contributed by atoms with Gasteiger partial charge in [-0.25, -0.2) is 4.79 Å². The van der Waals surface area contributed by atoms with Crippen LogP contribution in [0.4, 0.5) is 10.5 Å². The molecule has 2 amide bonds. The SMILES string of the molecule is CCN1CCc2c(sc(-n3cccc3)c2[C@@H](C)NC(=O)Nc2ccc3c(c2)OCCO3)C1. The molecule has 32 heavy (non-hydrogen) atoms. The Morgan fingerprint density at radius 2 is 1.97 bits per heavy atom. The largest absolute Gasteiger partial charge is 0.486 e. The Kier molecular flexibility index (Phi) is 5.80. The molecule has 168 valence electrons. The van der Waals surface area contributed by atoms with Crippen LogP contribution in [0.1, 0.15) is 35.9 Å². The van der Waals surface area contributed by atoms with E-state index in [1.165, 1.54) is 21.0 Å². The first-order valence-corrected chi connectivity index (χ1v) is 11.9. The summed E-state index contributed by atoms with van der Waals surface area (Å²) in [6.07, 6.45) is 5.15. The fraction of sp³-hybridized carbons (Fsp3) is 0.375. The van der Waals surface area contributed by atoms with Gasteiger partial charge in [0.05, 0.1) is 6.04 Å². The topological polar surface area (TPSA) is 67.8 Å². The highest BCUT2D eigenvalue weighted by atomic mass is 32.1. The van der Waals surface area contributed by atoms with Gasteiger partial charge < -0.3 is 24.7 Å². The van der Waals surface area contributed by atoms with E-state index >= 15 is 0 Å². The number of nitrogens with zero attached hydrogens (tertiary/aromatic N) is 2. The van der Waals surface area contributed by atoms with Crippen LogP contribution in [-0.4, -0.2) is 41.8 Å². The highest BCUT2D eigenvalue weighted by Gasteiger charge is 2.28. The molecule has 0 fully saturated rings. The van der Waals surface area contributed by atoms with Gasteiger partial charge in [-0.2, -0.15) is 0 Å². The Hall–Kier alpha value is -2.97. The Bertz CT molecular complexity index is 1110. The first-order valence-electron chi connectivity index (χ1n) is 11.1. The van der Waals surface area contributed by atoms with E-state index in [1.807, 2.05) is 35.6 Å². The number of carbonyl (C=O) groups excluding carboxylic acids is 1. The van der Waals surface area contributed by atoms with Gasteiger partial charge in [-0.15, -0.1) is 11.3 Å². The molecule has 0 aliphatic carbocycles. The van der Waals surface area contributed by atoms with Gasteiger partial charge in [0, 0.05) is 47.7 Å². The van der Waals surface area contributed by atoms with Crippen LogP contribution in [0.25, 0.3) is 5.00 Å². The number of hydrogen-bond acceptors (Lipinski definition) is 5. The third kappa shape index (κ3) is 4.08. The number of ether oxygens (including phenoxy) is 2. The Morgan fingerprint density at radius 1 is 1.19 bits per heavy atom. The molecule has 4 heterocycles. The monoisotopic (exact) mass is 452 g/mol. The van der Waals surface area contributed by atoms with Gasteiger partial charge in [0.2, 0.25) is 0 Å². The third-order valence-electron chi connectivity index (χ3n) is 6.02. The average Bonchev–Trinajstić information content (AvgIpc) is 3.46. The standard InChI is InChI=1S/C24H28N4O3S/c1-3-27-11-8-18-21(15-27)32-23(28-9-4-5-10-28)22(18)16(2)25-24(29)26-17-6-7-19-20(14-17)31-13-12-30-19/h4-7,9-10,14,16H,3,8,11-13,15H2,1-2H3,(H2,25,26,29)/t16-/m1/s1. The Balaban J connectivity index is 1.36. The van der Waals surface area contributed by atoms with Gasteiger partial charge in [-0.1, -0.05) is 6.92 Å². The normalized spacial score (nSPS) is 16.3. The summed E-state index contributed by atoms with van der Waals surface area (Å²) in [4.78, 5) is 16.7. The number of benzene rings is 1. The van der Waals surface area contributed by atoms with Crippen LogP contribution in [0, 0.1) is 0 Å². The molecule has 0 radical (unpaired) electrons. The fourth-order valence-electron chi connectivity index (χ4n) is 4.40. The number of amides is 2. The summed E-state index contributed by atoms with van der Waals surface area (Å²) in [5.74, 6) is 1.36. The van der Waals surface area contributed by atoms with Crippen molar-refractivity contribution in [2.75, 3.05) is 31.6 Å². The number of aromatic nitrogens is 1. The molecule has 3 aromatic rings. The van der Waals surface area contributed by atoms with E-state index in [9.17, 15) is 4.79 Å². The van der Waals surface area contributed by atoms with Crippen molar-refractivity contribution in [1.82, 2.24) is 14.8 Å². The Labute approximate surface area is 191 Å².